The van der Waals surface area contributed by atoms with Gasteiger partial charge in [0.15, 0.2) is 17.0 Å². The lowest BCUT2D eigenvalue weighted by atomic mass is 10.0. The third kappa shape index (κ3) is 7.48. The molecule has 0 saturated carbocycles. The molecule has 1 amide bonds. The summed E-state index contributed by atoms with van der Waals surface area (Å²) >= 11 is 6.16. The van der Waals surface area contributed by atoms with Gasteiger partial charge in [0, 0.05) is 26.1 Å². The predicted molar refractivity (Wildman–Crippen MR) is 134 cm³/mol. The summed E-state index contributed by atoms with van der Waals surface area (Å²) in [5, 5.41) is 6.20. The number of halogens is 1. The standard InChI is InChI=1S/C20H25ClN6O.2C2H6/c1-4-15(19(28)22-3)8-9-27-12-24-16-17(25-20(21)26-18(16)27)23-11-14-7-5-6-13(2)10-14;2*1-2/h5-7,10,12,15H,4,8-9,11H2,1-3H3,(H,22,28)(H,23,25,26);2*1-2H3/t15-;;/m0../s1. The number of aryl methyl sites for hydroxylation is 2. The molecule has 0 unspecified atom stereocenters. The molecule has 0 aliphatic rings. The van der Waals surface area contributed by atoms with E-state index in [9.17, 15) is 4.79 Å². The van der Waals surface area contributed by atoms with E-state index >= 15 is 0 Å². The van der Waals surface area contributed by atoms with Crippen molar-refractivity contribution >= 4 is 34.5 Å². The summed E-state index contributed by atoms with van der Waals surface area (Å²) in [7, 11) is 1.66. The summed E-state index contributed by atoms with van der Waals surface area (Å²) in [6.07, 6.45) is 3.21. The lowest BCUT2D eigenvalue weighted by molar-refractivity contribution is -0.124. The number of nitrogens with zero attached hydrogens (tertiary/aromatic N) is 4. The van der Waals surface area contributed by atoms with Crippen LogP contribution in [0.1, 0.15) is 58.6 Å². The van der Waals surface area contributed by atoms with Gasteiger partial charge in [0.1, 0.15) is 0 Å². The number of anilines is 1. The number of nitrogens with one attached hydrogen (secondary N) is 2. The fraction of sp³-hybridized carbons (Fsp3) is 0.500. The zero-order valence-corrected chi connectivity index (χ0v) is 21.1. The highest BCUT2D eigenvalue weighted by Gasteiger charge is 2.17. The second-order valence-corrected chi connectivity index (χ2v) is 7.14. The minimum absolute atomic E-state index is 0.0429. The van der Waals surface area contributed by atoms with Gasteiger partial charge in [-0.15, -0.1) is 0 Å². The summed E-state index contributed by atoms with van der Waals surface area (Å²) in [4.78, 5) is 25.1. The van der Waals surface area contributed by atoms with Crippen LogP contribution in [-0.4, -0.2) is 32.5 Å². The van der Waals surface area contributed by atoms with Crippen LogP contribution in [0.15, 0.2) is 30.6 Å². The zero-order chi connectivity index (χ0) is 24.1. The van der Waals surface area contributed by atoms with Crippen LogP contribution in [0.25, 0.3) is 11.2 Å². The Balaban J connectivity index is 0.00000121. The number of aromatic nitrogens is 4. The Kier molecular flexibility index (Phi) is 12.3. The Morgan fingerprint density at radius 3 is 2.53 bits per heavy atom. The predicted octanol–water partition coefficient (Wildman–Crippen LogP) is 5.61. The average molecular weight is 461 g/mol. The first kappa shape index (κ1) is 27.4. The Labute approximate surface area is 197 Å². The molecule has 1 aromatic carbocycles. The molecule has 1 atom stereocenters. The van der Waals surface area contributed by atoms with Gasteiger partial charge < -0.3 is 15.2 Å². The first-order chi connectivity index (χ1) is 15.5. The molecule has 2 heterocycles. The highest BCUT2D eigenvalue weighted by atomic mass is 35.5. The molecule has 0 radical (unpaired) electrons. The van der Waals surface area contributed by atoms with Crippen molar-refractivity contribution in [3.8, 4) is 0 Å². The Morgan fingerprint density at radius 1 is 1.19 bits per heavy atom. The van der Waals surface area contributed by atoms with E-state index < -0.39 is 0 Å². The number of hydrogen-bond acceptors (Lipinski definition) is 5. The van der Waals surface area contributed by atoms with Gasteiger partial charge in [-0.05, 0) is 36.9 Å². The summed E-state index contributed by atoms with van der Waals surface area (Å²) in [6.45, 7) is 13.3. The molecule has 0 saturated heterocycles. The van der Waals surface area contributed by atoms with Crippen molar-refractivity contribution in [3.05, 3.63) is 47.0 Å². The molecule has 0 spiro atoms. The Bertz CT molecular complexity index is 972. The molecule has 32 heavy (non-hydrogen) atoms. The van der Waals surface area contributed by atoms with Gasteiger partial charge in [-0.2, -0.15) is 9.97 Å². The molecule has 0 bridgehead atoms. The van der Waals surface area contributed by atoms with E-state index in [1.165, 1.54) is 5.56 Å². The van der Waals surface area contributed by atoms with Gasteiger partial charge >= 0.3 is 0 Å². The maximum absolute atomic E-state index is 11.9. The lowest BCUT2D eigenvalue weighted by Gasteiger charge is -2.13. The van der Waals surface area contributed by atoms with Gasteiger partial charge in [0.25, 0.3) is 0 Å². The van der Waals surface area contributed by atoms with Gasteiger partial charge in [0.2, 0.25) is 11.2 Å². The Morgan fingerprint density at radius 2 is 1.91 bits per heavy atom. The number of carbonyl (C=O) groups excluding carboxylic acids is 1. The molecule has 0 aliphatic carbocycles. The normalized spacial score (nSPS) is 11.0. The highest BCUT2D eigenvalue weighted by Crippen LogP contribution is 2.22. The molecule has 2 aromatic heterocycles. The molecule has 176 valence electrons. The van der Waals surface area contributed by atoms with Crippen molar-refractivity contribution in [2.24, 2.45) is 5.92 Å². The second kappa shape index (κ2) is 14.4. The fourth-order valence-corrected chi connectivity index (χ4v) is 3.40. The van der Waals surface area contributed by atoms with E-state index in [-0.39, 0.29) is 17.1 Å². The smallest absolute Gasteiger partial charge is 0.226 e. The van der Waals surface area contributed by atoms with Crippen LogP contribution in [0.2, 0.25) is 5.28 Å². The van der Waals surface area contributed by atoms with Crippen LogP contribution in [0, 0.1) is 12.8 Å². The summed E-state index contributed by atoms with van der Waals surface area (Å²) in [6, 6.07) is 8.27. The van der Waals surface area contributed by atoms with Crippen molar-refractivity contribution in [2.75, 3.05) is 12.4 Å². The van der Waals surface area contributed by atoms with Crippen molar-refractivity contribution in [1.82, 2.24) is 24.8 Å². The van der Waals surface area contributed by atoms with Crippen LogP contribution in [0.5, 0.6) is 0 Å². The van der Waals surface area contributed by atoms with Gasteiger partial charge in [-0.25, -0.2) is 4.98 Å². The molecule has 3 rings (SSSR count). The van der Waals surface area contributed by atoms with E-state index in [1.54, 1.807) is 13.4 Å². The molecule has 7 nitrogen and oxygen atoms in total. The van der Waals surface area contributed by atoms with Crippen molar-refractivity contribution in [1.29, 1.82) is 0 Å². The minimum atomic E-state index is -0.0429. The number of hydrogen-bond donors (Lipinski definition) is 2. The SMILES string of the molecule is CC.CC.CC[C@@H](CCn1cnc2c(NCc3cccc(C)c3)nc(Cl)nc21)C(=O)NC. The number of fused-ring (bicyclic) bond motifs is 1. The number of imidazole rings is 1. The number of amides is 1. The van der Waals surface area contributed by atoms with E-state index in [2.05, 4.69) is 50.7 Å². The van der Waals surface area contributed by atoms with Crippen LogP contribution in [0.3, 0.4) is 0 Å². The van der Waals surface area contributed by atoms with Crippen molar-refractivity contribution in [3.63, 3.8) is 0 Å². The maximum Gasteiger partial charge on any atom is 0.226 e. The average Bonchev–Trinajstić information content (AvgIpc) is 3.23. The van der Waals surface area contributed by atoms with Crippen LogP contribution < -0.4 is 10.6 Å². The maximum atomic E-state index is 11.9. The molecule has 0 fully saturated rings. The fourth-order valence-electron chi connectivity index (χ4n) is 3.23. The minimum Gasteiger partial charge on any atom is -0.364 e. The Hall–Kier alpha value is -2.67. The molecule has 0 aliphatic heterocycles. The third-order valence-electron chi connectivity index (χ3n) is 4.81. The van der Waals surface area contributed by atoms with Crippen LogP contribution in [-0.2, 0) is 17.9 Å². The second-order valence-electron chi connectivity index (χ2n) is 6.80. The summed E-state index contributed by atoms with van der Waals surface area (Å²) in [5.74, 6) is 0.618. The number of carbonyl (C=O) groups is 1. The van der Waals surface area contributed by atoms with E-state index in [0.29, 0.717) is 36.5 Å². The van der Waals surface area contributed by atoms with E-state index in [1.807, 2.05) is 45.3 Å². The van der Waals surface area contributed by atoms with Crippen molar-refractivity contribution < 1.29 is 4.79 Å². The van der Waals surface area contributed by atoms with Crippen LogP contribution in [0.4, 0.5) is 5.82 Å². The molecule has 8 heteroatoms. The quantitative estimate of drug-likeness (QED) is 0.426. The van der Waals surface area contributed by atoms with Gasteiger partial charge in [-0.3, -0.25) is 4.79 Å². The largest absolute Gasteiger partial charge is 0.364 e. The molecular weight excluding hydrogens is 424 g/mol. The van der Waals surface area contributed by atoms with E-state index in [4.69, 9.17) is 11.6 Å². The zero-order valence-electron chi connectivity index (χ0n) is 20.4. The topological polar surface area (TPSA) is 84.7 Å². The third-order valence-corrected chi connectivity index (χ3v) is 4.98. The number of benzene rings is 1. The summed E-state index contributed by atoms with van der Waals surface area (Å²) in [5.41, 5.74) is 3.69. The molecular formula is C24H37ClN6O. The lowest BCUT2D eigenvalue weighted by Crippen LogP contribution is -2.27. The number of rotatable bonds is 8. The molecule has 2 N–H and O–H groups in total. The monoisotopic (exact) mass is 460 g/mol. The first-order valence-electron chi connectivity index (χ1n) is 11.4. The first-order valence-corrected chi connectivity index (χ1v) is 11.8. The van der Waals surface area contributed by atoms with Gasteiger partial charge in [-0.1, -0.05) is 64.4 Å². The molecule has 3 aromatic rings. The van der Waals surface area contributed by atoms with E-state index in [0.717, 1.165) is 12.0 Å². The van der Waals surface area contributed by atoms with Crippen LogP contribution >= 0.6 is 11.6 Å². The highest BCUT2D eigenvalue weighted by molar-refractivity contribution is 6.28. The summed E-state index contributed by atoms with van der Waals surface area (Å²) < 4.78 is 1.92. The van der Waals surface area contributed by atoms with Crippen molar-refractivity contribution in [2.45, 2.75) is 67.5 Å². The van der Waals surface area contributed by atoms with Gasteiger partial charge in [0.05, 0.1) is 6.33 Å².